The molecule has 0 fully saturated rings. The number of thioether (sulfide) groups is 1. The summed E-state index contributed by atoms with van der Waals surface area (Å²) < 4.78 is 0. The lowest BCUT2D eigenvalue weighted by Gasteiger charge is -2.27. The first-order valence-corrected chi connectivity index (χ1v) is 13.6. The number of amides is 3. The van der Waals surface area contributed by atoms with Gasteiger partial charge in [0.25, 0.3) is 0 Å². The van der Waals surface area contributed by atoms with E-state index in [1.54, 1.807) is 39.8 Å². The second-order valence-corrected chi connectivity index (χ2v) is 10.4. The number of carboxylic acids is 1. The molecular formula is C24H38N4O6S2. The number of nitrogens with two attached hydrogens (primary N) is 1. The Morgan fingerprint density at radius 2 is 1.61 bits per heavy atom. The van der Waals surface area contributed by atoms with Gasteiger partial charge >= 0.3 is 5.97 Å². The van der Waals surface area contributed by atoms with E-state index in [0.29, 0.717) is 22.4 Å². The quantitative estimate of drug-likeness (QED) is 0.169. The molecule has 10 nitrogen and oxygen atoms in total. The summed E-state index contributed by atoms with van der Waals surface area (Å²) in [6, 6.07) is -0.859. The number of hydrogen-bond donors (Lipinski definition) is 7. The van der Waals surface area contributed by atoms with E-state index in [1.165, 1.54) is 11.8 Å². The average molecular weight is 543 g/mol. The number of nitrogens with one attached hydrogen (secondary N) is 3. The smallest absolute Gasteiger partial charge is 0.326 e. The Kier molecular flexibility index (Phi) is 13.1. The van der Waals surface area contributed by atoms with Gasteiger partial charge in [0.1, 0.15) is 23.9 Å². The van der Waals surface area contributed by atoms with Crippen molar-refractivity contribution in [1.29, 1.82) is 0 Å². The van der Waals surface area contributed by atoms with Gasteiger partial charge in [0.2, 0.25) is 17.7 Å². The Hall–Kier alpha value is -2.44. The van der Waals surface area contributed by atoms with Crippen molar-refractivity contribution >= 4 is 48.1 Å². The fourth-order valence-electron chi connectivity index (χ4n) is 3.41. The fourth-order valence-corrected chi connectivity index (χ4v) is 4.05. The fraction of sp³-hybridized carbons (Fsp3) is 0.583. The van der Waals surface area contributed by atoms with Crippen LogP contribution in [0.4, 0.5) is 0 Å². The van der Waals surface area contributed by atoms with Crippen molar-refractivity contribution in [3.05, 3.63) is 28.8 Å². The largest absolute Gasteiger partial charge is 0.508 e. The normalized spacial score (nSPS) is 14.4. The third kappa shape index (κ3) is 9.55. The van der Waals surface area contributed by atoms with E-state index in [4.69, 9.17) is 5.73 Å². The lowest BCUT2D eigenvalue weighted by molar-refractivity contribution is -0.142. The molecule has 0 spiro atoms. The standard InChI is InChI=1S/C24H38N4O6S2/c1-12(2)20(28-21(30)16(25)11-35)23(32)27-18(10-15-8-14(4)19(29)9-13(15)3)22(31)26-17(24(33)34)6-7-36-5/h8-9,12,16-18,20,29,35H,6-7,10-11,25H2,1-5H3,(H,26,31)(H,27,32)(H,28,30)(H,33,34)/t16-,17-,18+,20-/m0/s1. The predicted octanol–water partition coefficient (Wildman–Crippen LogP) is 0.757. The minimum Gasteiger partial charge on any atom is -0.508 e. The number of rotatable bonds is 14. The van der Waals surface area contributed by atoms with Gasteiger partial charge in [0.15, 0.2) is 0 Å². The van der Waals surface area contributed by atoms with Crippen molar-refractivity contribution in [2.75, 3.05) is 17.8 Å². The summed E-state index contributed by atoms with van der Waals surface area (Å²) in [7, 11) is 0. The number of aromatic hydroxyl groups is 1. The minimum absolute atomic E-state index is 0.0499. The topological polar surface area (TPSA) is 171 Å². The summed E-state index contributed by atoms with van der Waals surface area (Å²) >= 11 is 5.46. The summed E-state index contributed by atoms with van der Waals surface area (Å²) in [4.78, 5) is 50.4. The van der Waals surface area contributed by atoms with Crippen LogP contribution >= 0.6 is 24.4 Å². The molecule has 1 aromatic rings. The number of aliphatic carboxylic acids is 1. The summed E-state index contributed by atoms with van der Waals surface area (Å²) in [5.74, 6) is -2.59. The minimum atomic E-state index is -1.17. The van der Waals surface area contributed by atoms with Crippen LogP contribution in [0.25, 0.3) is 0 Å². The molecule has 0 bridgehead atoms. The molecule has 12 heteroatoms. The van der Waals surface area contributed by atoms with Crippen LogP contribution in [0.2, 0.25) is 0 Å². The van der Waals surface area contributed by atoms with Gasteiger partial charge in [-0.15, -0.1) is 0 Å². The van der Waals surface area contributed by atoms with E-state index in [0.717, 1.165) is 0 Å². The Labute approximate surface area is 222 Å². The second-order valence-electron chi connectivity index (χ2n) is 9.03. The maximum Gasteiger partial charge on any atom is 0.326 e. The Bertz CT molecular complexity index is 943. The number of hydrogen-bond acceptors (Lipinski definition) is 8. The maximum atomic E-state index is 13.2. The highest BCUT2D eigenvalue weighted by molar-refractivity contribution is 7.98. The molecule has 1 aromatic carbocycles. The van der Waals surface area contributed by atoms with Gasteiger partial charge in [-0.05, 0) is 61.0 Å². The van der Waals surface area contributed by atoms with Gasteiger partial charge in [-0.1, -0.05) is 19.9 Å². The predicted molar refractivity (Wildman–Crippen MR) is 144 cm³/mol. The van der Waals surface area contributed by atoms with Crippen LogP contribution in [0.1, 0.15) is 37.0 Å². The van der Waals surface area contributed by atoms with Crippen molar-refractivity contribution in [2.24, 2.45) is 11.7 Å². The summed E-state index contributed by atoms with van der Waals surface area (Å²) in [6.07, 6.45) is 2.10. The molecule has 0 radical (unpaired) electrons. The zero-order chi connectivity index (χ0) is 27.6. The molecule has 7 N–H and O–H groups in total. The number of aryl methyl sites for hydroxylation is 2. The van der Waals surface area contributed by atoms with Crippen molar-refractivity contribution in [1.82, 2.24) is 16.0 Å². The zero-order valence-corrected chi connectivity index (χ0v) is 23.0. The highest BCUT2D eigenvalue weighted by Crippen LogP contribution is 2.22. The molecule has 0 saturated heterocycles. The van der Waals surface area contributed by atoms with Crippen molar-refractivity contribution in [2.45, 2.75) is 64.7 Å². The van der Waals surface area contributed by atoms with Crippen molar-refractivity contribution < 1.29 is 29.4 Å². The monoisotopic (exact) mass is 542 g/mol. The molecule has 1 rings (SSSR count). The van der Waals surface area contributed by atoms with E-state index in [2.05, 4.69) is 28.6 Å². The molecule has 36 heavy (non-hydrogen) atoms. The molecule has 0 saturated carbocycles. The van der Waals surface area contributed by atoms with Gasteiger partial charge in [-0.2, -0.15) is 24.4 Å². The molecule has 0 aliphatic carbocycles. The van der Waals surface area contributed by atoms with Gasteiger partial charge in [0, 0.05) is 12.2 Å². The van der Waals surface area contributed by atoms with Crippen LogP contribution in [0.15, 0.2) is 12.1 Å². The van der Waals surface area contributed by atoms with Crippen LogP contribution in [-0.4, -0.2) is 75.8 Å². The highest BCUT2D eigenvalue weighted by atomic mass is 32.2. The van der Waals surface area contributed by atoms with Gasteiger partial charge in [-0.3, -0.25) is 14.4 Å². The van der Waals surface area contributed by atoms with Crippen LogP contribution in [-0.2, 0) is 25.6 Å². The number of thiol groups is 1. The number of phenolic OH excluding ortho intramolecular Hbond substituents is 1. The van der Waals surface area contributed by atoms with E-state index in [1.807, 2.05) is 6.26 Å². The molecular weight excluding hydrogens is 504 g/mol. The maximum absolute atomic E-state index is 13.2. The summed E-state index contributed by atoms with van der Waals surface area (Å²) in [5, 5.41) is 27.3. The van der Waals surface area contributed by atoms with E-state index in [9.17, 15) is 29.4 Å². The number of carbonyl (C=O) groups is 4. The van der Waals surface area contributed by atoms with Gasteiger partial charge in [-0.25, -0.2) is 4.79 Å². The van der Waals surface area contributed by atoms with Gasteiger partial charge < -0.3 is 31.9 Å². The zero-order valence-electron chi connectivity index (χ0n) is 21.3. The second kappa shape index (κ2) is 15.0. The van der Waals surface area contributed by atoms with Crippen molar-refractivity contribution in [3.8, 4) is 5.75 Å². The van der Waals surface area contributed by atoms with E-state index in [-0.39, 0.29) is 30.3 Å². The van der Waals surface area contributed by atoms with E-state index >= 15 is 0 Å². The Morgan fingerprint density at radius 3 is 2.14 bits per heavy atom. The third-order valence-corrected chi connectivity index (χ3v) is 6.75. The van der Waals surface area contributed by atoms with Crippen LogP contribution in [0.5, 0.6) is 5.75 Å². The Morgan fingerprint density at radius 1 is 1.00 bits per heavy atom. The first kappa shape index (κ1) is 31.6. The molecule has 0 unspecified atom stereocenters. The number of phenols is 1. The molecule has 202 valence electrons. The summed E-state index contributed by atoms with van der Waals surface area (Å²) in [6.45, 7) is 6.95. The number of carbonyl (C=O) groups excluding carboxylic acids is 3. The number of carboxylic acid groups (broad SMARTS) is 1. The van der Waals surface area contributed by atoms with E-state index < -0.39 is 47.9 Å². The Balaban J connectivity index is 3.26. The SMILES string of the molecule is CSCC[C@H](NC(=O)[C@@H](Cc1cc(C)c(O)cc1C)NC(=O)[C@@H](NC(=O)[C@@H](N)CS)C(C)C)C(=O)O. The molecule has 3 amide bonds. The molecule has 0 heterocycles. The molecule has 4 atom stereocenters. The molecule has 0 aliphatic heterocycles. The van der Waals surface area contributed by atoms with Crippen LogP contribution < -0.4 is 21.7 Å². The molecule has 0 aliphatic rings. The lowest BCUT2D eigenvalue weighted by atomic mass is 9.96. The van der Waals surface area contributed by atoms with Crippen LogP contribution in [0.3, 0.4) is 0 Å². The first-order valence-electron chi connectivity index (χ1n) is 11.6. The molecule has 0 aromatic heterocycles. The first-order chi connectivity index (χ1) is 16.8. The van der Waals surface area contributed by atoms with Crippen LogP contribution in [0, 0.1) is 19.8 Å². The van der Waals surface area contributed by atoms with Crippen molar-refractivity contribution in [3.63, 3.8) is 0 Å². The highest BCUT2D eigenvalue weighted by Gasteiger charge is 2.32. The lowest BCUT2D eigenvalue weighted by Crippen LogP contribution is -2.59. The average Bonchev–Trinajstić information content (AvgIpc) is 2.81. The third-order valence-electron chi connectivity index (χ3n) is 5.72. The summed E-state index contributed by atoms with van der Waals surface area (Å²) in [5.41, 5.74) is 7.72. The number of benzene rings is 1. The van der Waals surface area contributed by atoms with Gasteiger partial charge in [0.05, 0.1) is 6.04 Å².